The molecule has 0 unspecified atom stereocenters. The molecule has 2 aromatic rings. The zero-order valence-electron chi connectivity index (χ0n) is 11.4. The molecule has 0 saturated heterocycles. The van der Waals surface area contributed by atoms with Gasteiger partial charge in [0.2, 0.25) is 0 Å². The van der Waals surface area contributed by atoms with E-state index in [1.165, 1.54) is 18.4 Å². The summed E-state index contributed by atoms with van der Waals surface area (Å²) in [6.45, 7) is 6.17. The summed E-state index contributed by atoms with van der Waals surface area (Å²) in [5.74, 6) is 0.523. The van der Waals surface area contributed by atoms with Crippen molar-refractivity contribution in [1.82, 2.24) is 9.78 Å². The van der Waals surface area contributed by atoms with Crippen LogP contribution in [0, 0.1) is 20.8 Å². The number of aryl methyl sites for hydroxylation is 3. The highest BCUT2D eigenvalue weighted by Crippen LogP contribution is 2.41. The SMILES string of the molecule is Cc1cc(C)c(-n2[nH]c(C3CC3)c(Br)c2=O)c(C)c1. The topological polar surface area (TPSA) is 37.8 Å². The lowest BCUT2D eigenvalue weighted by Crippen LogP contribution is -2.17. The van der Waals surface area contributed by atoms with E-state index in [9.17, 15) is 4.79 Å². The maximum absolute atomic E-state index is 12.4. The fourth-order valence-corrected chi connectivity index (χ4v) is 3.35. The third-order valence-electron chi connectivity index (χ3n) is 3.70. The summed E-state index contributed by atoms with van der Waals surface area (Å²) in [4.78, 5) is 12.4. The zero-order chi connectivity index (χ0) is 13.7. The number of H-pyrrole nitrogens is 1. The Bertz CT molecular complexity index is 684. The molecular weight excluding hydrogens is 304 g/mol. The predicted molar refractivity (Wildman–Crippen MR) is 80.3 cm³/mol. The van der Waals surface area contributed by atoms with Crippen LogP contribution in [0.1, 0.15) is 41.1 Å². The third-order valence-corrected chi connectivity index (χ3v) is 4.47. The van der Waals surface area contributed by atoms with Gasteiger partial charge in [0.1, 0.15) is 4.47 Å². The Labute approximate surface area is 120 Å². The Kier molecular flexibility index (Phi) is 2.93. The van der Waals surface area contributed by atoms with Crippen LogP contribution in [0.4, 0.5) is 0 Å². The highest BCUT2D eigenvalue weighted by Gasteiger charge is 2.30. The highest BCUT2D eigenvalue weighted by atomic mass is 79.9. The molecule has 3 rings (SSSR count). The van der Waals surface area contributed by atoms with Crippen LogP contribution in [0.15, 0.2) is 21.4 Å². The van der Waals surface area contributed by atoms with Gasteiger partial charge in [0.05, 0.1) is 11.4 Å². The van der Waals surface area contributed by atoms with E-state index in [1.54, 1.807) is 4.68 Å². The minimum absolute atomic E-state index is 0.0111. The number of nitrogens with zero attached hydrogens (tertiary/aromatic N) is 1. The molecule has 1 fully saturated rings. The minimum atomic E-state index is 0.0111. The molecule has 0 bridgehead atoms. The van der Waals surface area contributed by atoms with Gasteiger partial charge in [-0.3, -0.25) is 9.89 Å². The van der Waals surface area contributed by atoms with Crippen molar-refractivity contribution in [2.75, 3.05) is 0 Å². The van der Waals surface area contributed by atoms with E-state index in [0.717, 1.165) is 22.5 Å². The number of halogens is 1. The summed E-state index contributed by atoms with van der Waals surface area (Å²) in [5.41, 5.74) is 5.50. The molecule has 0 atom stereocenters. The van der Waals surface area contributed by atoms with Gasteiger partial charge in [-0.25, -0.2) is 4.68 Å². The Hall–Kier alpha value is -1.29. The Balaban J connectivity index is 2.23. The van der Waals surface area contributed by atoms with Crippen LogP contribution in [0.25, 0.3) is 5.69 Å². The van der Waals surface area contributed by atoms with Gasteiger partial charge in [-0.2, -0.15) is 0 Å². The molecule has 0 radical (unpaired) electrons. The molecule has 1 heterocycles. The first-order chi connectivity index (χ1) is 8.99. The summed E-state index contributed by atoms with van der Waals surface area (Å²) in [6.07, 6.45) is 2.34. The molecule has 1 aromatic heterocycles. The minimum Gasteiger partial charge on any atom is -0.294 e. The molecule has 100 valence electrons. The van der Waals surface area contributed by atoms with Gasteiger partial charge in [-0.05, 0) is 60.7 Å². The first kappa shape index (κ1) is 12.7. The fraction of sp³-hybridized carbons (Fsp3) is 0.400. The molecule has 3 nitrogen and oxygen atoms in total. The lowest BCUT2D eigenvalue weighted by Gasteiger charge is -2.11. The summed E-state index contributed by atoms with van der Waals surface area (Å²) < 4.78 is 2.37. The number of hydrogen-bond donors (Lipinski definition) is 1. The highest BCUT2D eigenvalue weighted by molar-refractivity contribution is 9.10. The standard InChI is InChI=1S/C15H17BrN2O/c1-8-6-9(2)14(10(3)7-8)18-15(19)12(16)13(17-18)11-4-5-11/h6-7,11,17H,4-5H2,1-3H3. The van der Waals surface area contributed by atoms with Gasteiger partial charge in [0, 0.05) is 5.92 Å². The molecule has 4 heteroatoms. The number of aromatic nitrogens is 2. The molecule has 1 aromatic carbocycles. The van der Waals surface area contributed by atoms with Crippen LogP contribution in [-0.4, -0.2) is 9.78 Å². The maximum Gasteiger partial charge on any atom is 0.285 e. The zero-order valence-corrected chi connectivity index (χ0v) is 13.0. The second kappa shape index (κ2) is 4.37. The molecule has 1 aliphatic rings. The van der Waals surface area contributed by atoms with Crippen LogP contribution in [-0.2, 0) is 0 Å². The second-order valence-electron chi connectivity index (χ2n) is 5.50. The van der Waals surface area contributed by atoms with Gasteiger partial charge in [-0.1, -0.05) is 17.7 Å². The Morgan fingerprint density at radius 2 is 1.79 bits per heavy atom. The summed E-state index contributed by atoms with van der Waals surface area (Å²) in [5, 5.41) is 3.29. The normalized spacial score (nSPS) is 14.9. The molecule has 1 saturated carbocycles. The molecular formula is C15H17BrN2O. The van der Waals surface area contributed by atoms with Gasteiger partial charge in [0.15, 0.2) is 0 Å². The molecule has 19 heavy (non-hydrogen) atoms. The summed E-state index contributed by atoms with van der Waals surface area (Å²) >= 11 is 3.44. The monoisotopic (exact) mass is 320 g/mol. The summed E-state index contributed by atoms with van der Waals surface area (Å²) in [7, 11) is 0. The number of hydrogen-bond acceptors (Lipinski definition) is 1. The van der Waals surface area contributed by atoms with Crippen LogP contribution >= 0.6 is 15.9 Å². The molecule has 0 spiro atoms. The van der Waals surface area contributed by atoms with Gasteiger partial charge in [0.25, 0.3) is 5.56 Å². The summed E-state index contributed by atoms with van der Waals surface area (Å²) in [6, 6.07) is 4.22. The average molecular weight is 321 g/mol. The molecule has 0 amide bonds. The number of aromatic amines is 1. The van der Waals surface area contributed by atoms with Crippen molar-refractivity contribution >= 4 is 15.9 Å². The van der Waals surface area contributed by atoms with Gasteiger partial charge >= 0.3 is 0 Å². The second-order valence-corrected chi connectivity index (χ2v) is 6.29. The van der Waals surface area contributed by atoms with Crippen molar-refractivity contribution in [3.05, 3.63) is 49.3 Å². The van der Waals surface area contributed by atoms with Gasteiger partial charge < -0.3 is 0 Å². The smallest absolute Gasteiger partial charge is 0.285 e. The van der Waals surface area contributed by atoms with E-state index in [4.69, 9.17) is 0 Å². The van der Waals surface area contributed by atoms with E-state index in [2.05, 4.69) is 40.1 Å². The largest absolute Gasteiger partial charge is 0.294 e. The van der Waals surface area contributed by atoms with E-state index >= 15 is 0 Å². The van der Waals surface area contributed by atoms with Crippen LogP contribution in [0.5, 0.6) is 0 Å². The van der Waals surface area contributed by atoms with Crippen LogP contribution in [0.2, 0.25) is 0 Å². The van der Waals surface area contributed by atoms with Crippen LogP contribution < -0.4 is 5.56 Å². The Morgan fingerprint density at radius 1 is 1.21 bits per heavy atom. The van der Waals surface area contributed by atoms with E-state index in [-0.39, 0.29) is 5.56 Å². The van der Waals surface area contributed by atoms with Crippen LogP contribution in [0.3, 0.4) is 0 Å². The molecule has 1 aliphatic carbocycles. The number of nitrogens with one attached hydrogen (secondary N) is 1. The van der Waals surface area contributed by atoms with Crippen molar-refractivity contribution in [3.8, 4) is 5.69 Å². The predicted octanol–water partition coefficient (Wildman–Crippen LogP) is 3.73. The maximum atomic E-state index is 12.4. The van der Waals surface area contributed by atoms with Crippen molar-refractivity contribution in [1.29, 1.82) is 0 Å². The van der Waals surface area contributed by atoms with Crippen molar-refractivity contribution in [3.63, 3.8) is 0 Å². The number of benzene rings is 1. The molecule has 0 aliphatic heterocycles. The Morgan fingerprint density at radius 3 is 2.32 bits per heavy atom. The quantitative estimate of drug-likeness (QED) is 0.899. The first-order valence-corrected chi connectivity index (χ1v) is 7.37. The lowest BCUT2D eigenvalue weighted by atomic mass is 10.1. The van der Waals surface area contributed by atoms with E-state index in [0.29, 0.717) is 10.4 Å². The fourth-order valence-electron chi connectivity index (χ4n) is 2.76. The van der Waals surface area contributed by atoms with Crippen molar-refractivity contribution in [2.45, 2.75) is 39.5 Å². The van der Waals surface area contributed by atoms with Gasteiger partial charge in [-0.15, -0.1) is 0 Å². The van der Waals surface area contributed by atoms with Crippen molar-refractivity contribution in [2.24, 2.45) is 0 Å². The van der Waals surface area contributed by atoms with E-state index < -0.39 is 0 Å². The average Bonchev–Trinajstić information content (AvgIpc) is 3.10. The lowest BCUT2D eigenvalue weighted by molar-refractivity contribution is 0.805. The molecule has 1 N–H and O–H groups in total. The van der Waals surface area contributed by atoms with E-state index in [1.807, 2.05) is 13.8 Å². The van der Waals surface area contributed by atoms with Crippen molar-refractivity contribution < 1.29 is 0 Å². The number of rotatable bonds is 2. The first-order valence-electron chi connectivity index (χ1n) is 6.57. The third kappa shape index (κ3) is 2.08.